The quantitative estimate of drug-likeness (QED) is 0.554. The van der Waals surface area contributed by atoms with Crippen LogP contribution in [0.25, 0.3) is 11.0 Å². The molecule has 3 aromatic carbocycles. The van der Waals surface area contributed by atoms with Gasteiger partial charge in [-0.1, -0.05) is 78.0 Å². The maximum absolute atomic E-state index is 12.4. The standard InChI is InChI=1S/C23H21N3O2/c1-21(2)23(28-21,26-20-16-10-9-15-19(20)24-25-26)22(27,17-11-5-3-6-12-17)18-13-7-4-8-14-18/h3-16,27H,1-2H3. The average molecular weight is 371 g/mol. The van der Waals surface area contributed by atoms with Gasteiger partial charge in [-0.3, -0.25) is 0 Å². The van der Waals surface area contributed by atoms with Gasteiger partial charge < -0.3 is 9.84 Å². The SMILES string of the molecule is CC1(C)OC1(n1nnc2ccccc21)C(O)(c1ccccc1)c1ccccc1. The Kier molecular flexibility index (Phi) is 3.50. The molecule has 140 valence electrons. The Hall–Kier alpha value is -3.02. The van der Waals surface area contributed by atoms with Crippen molar-refractivity contribution in [3.63, 3.8) is 0 Å². The molecule has 0 amide bonds. The smallest absolute Gasteiger partial charge is 0.229 e. The molecule has 1 aliphatic heterocycles. The third-order valence-corrected chi connectivity index (χ3v) is 5.70. The highest BCUT2D eigenvalue weighted by Crippen LogP contribution is 2.63. The van der Waals surface area contributed by atoms with Gasteiger partial charge in [0.25, 0.3) is 0 Å². The number of ether oxygens (including phenoxy) is 1. The number of hydrogen-bond donors (Lipinski definition) is 1. The fraction of sp³-hybridized carbons (Fsp3) is 0.217. The van der Waals surface area contributed by atoms with Crippen LogP contribution >= 0.6 is 0 Å². The molecule has 5 nitrogen and oxygen atoms in total. The van der Waals surface area contributed by atoms with E-state index in [4.69, 9.17) is 4.74 Å². The number of epoxide rings is 1. The summed E-state index contributed by atoms with van der Waals surface area (Å²) in [6.07, 6.45) is 0. The zero-order valence-corrected chi connectivity index (χ0v) is 15.8. The number of hydrogen-bond acceptors (Lipinski definition) is 4. The summed E-state index contributed by atoms with van der Waals surface area (Å²) in [5.74, 6) is 0. The van der Waals surface area contributed by atoms with Crippen LogP contribution in [0.1, 0.15) is 25.0 Å². The molecule has 2 heterocycles. The van der Waals surface area contributed by atoms with Crippen molar-refractivity contribution in [2.75, 3.05) is 0 Å². The van der Waals surface area contributed by atoms with Gasteiger partial charge in [-0.05, 0) is 37.1 Å². The van der Waals surface area contributed by atoms with Crippen molar-refractivity contribution >= 4 is 11.0 Å². The lowest BCUT2D eigenvalue weighted by molar-refractivity contribution is -0.0531. The van der Waals surface area contributed by atoms with Crippen LogP contribution in [0.15, 0.2) is 84.9 Å². The molecule has 0 bridgehead atoms. The maximum Gasteiger partial charge on any atom is 0.229 e. The van der Waals surface area contributed by atoms with Crippen molar-refractivity contribution in [1.29, 1.82) is 0 Å². The molecule has 1 unspecified atom stereocenters. The van der Waals surface area contributed by atoms with Crippen LogP contribution in [-0.4, -0.2) is 25.7 Å². The molecule has 5 heteroatoms. The molecule has 0 aliphatic carbocycles. The second kappa shape index (κ2) is 5.74. The fourth-order valence-electron chi connectivity index (χ4n) is 4.32. The summed E-state index contributed by atoms with van der Waals surface area (Å²) in [6.45, 7) is 3.95. The second-order valence-corrected chi connectivity index (χ2v) is 7.69. The first-order chi connectivity index (χ1) is 13.5. The van der Waals surface area contributed by atoms with Crippen LogP contribution in [0.2, 0.25) is 0 Å². The monoisotopic (exact) mass is 371 g/mol. The Balaban J connectivity index is 1.85. The highest BCUT2D eigenvalue weighted by molar-refractivity contribution is 5.74. The molecule has 0 radical (unpaired) electrons. The van der Waals surface area contributed by atoms with E-state index in [-0.39, 0.29) is 0 Å². The Morgan fingerprint density at radius 2 is 1.32 bits per heavy atom. The van der Waals surface area contributed by atoms with Gasteiger partial charge in [0, 0.05) is 0 Å². The van der Waals surface area contributed by atoms with E-state index in [1.807, 2.05) is 98.8 Å². The molecule has 1 fully saturated rings. The van der Waals surface area contributed by atoms with Crippen molar-refractivity contribution in [2.24, 2.45) is 0 Å². The first-order valence-electron chi connectivity index (χ1n) is 9.35. The van der Waals surface area contributed by atoms with Gasteiger partial charge in [-0.2, -0.15) is 0 Å². The van der Waals surface area contributed by atoms with Gasteiger partial charge in [0.1, 0.15) is 11.1 Å². The Labute approximate surface area is 163 Å². The van der Waals surface area contributed by atoms with Crippen LogP contribution in [0.3, 0.4) is 0 Å². The lowest BCUT2D eigenvalue weighted by Gasteiger charge is -2.36. The predicted molar refractivity (Wildman–Crippen MR) is 107 cm³/mol. The van der Waals surface area contributed by atoms with E-state index in [0.717, 1.165) is 22.2 Å². The van der Waals surface area contributed by atoms with Gasteiger partial charge in [0.15, 0.2) is 5.60 Å². The number of para-hydroxylation sites is 1. The van der Waals surface area contributed by atoms with Crippen molar-refractivity contribution in [2.45, 2.75) is 30.8 Å². The summed E-state index contributed by atoms with van der Waals surface area (Å²) < 4.78 is 8.07. The van der Waals surface area contributed by atoms with Crippen molar-refractivity contribution in [3.05, 3.63) is 96.1 Å². The second-order valence-electron chi connectivity index (χ2n) is 7.69. The maximum atomic E-state index is 12.4. The zero-order valence-electron chi connectivity index (χ0n) is 15.8. The Morgan fingerprint density at radius 3 is 1.86 bits per heavy atom. The van der Waals surface area contributed by atoms with E-state index < -0.39 is 16.9 Å². The van der Waals surface area contributed by atoms with Crippen molar-refractivity contribution < 1.29 is 9.84 Å². The van der Waals surface area contributed by atoms with Gasteiger partial charge in [0.2, 0.25) is 5.72 Å². The van der Waals surface area contributed by atoms with Crippen LogP contribution in [-0.2, 0) is 16.1 Å². The van der Waals surface area contributed by atoms with Crippen LogP contribution in [0.5, 0.6) is 0 Å². The molecule has 28 heavy (non-hydrogen) atoms. The lowest BCUT2D eigenvalue weighted by Crippen LogP contribution is -2.49. The molecule has 4 aromatic rings. The predicted octanol–water partition coefficient (Wildman–Crippen LogP) is 3.83. The molecule has 5 rings (SSSR count). The molecular weight excluding hydrogens is 350 g/mol. The number of aromatic nitrogens is 3. The highest BCUT2D eigenvalue weighted by Gasteiger charge is 2.78. The van der Waals surface area contributed by atoms with Crippen LogP contribution < -0.4 is 0 Å². The number of nitrogens with zero attached hydrogens (tertiary/aromatic N) is 3. The van der Waals surface area contributed by atoms with E-state index in [2.05, 4.69) is 10.3 Å². The summed E-state index contributed by atoms with van der Waals surface area (Å²) in [5, 5.41) is 21.1. The minimum atomic E-state index is -1.46. The molecule has 1 atom stereocenters. The number of fused-ring (bicyclic) bond motifs is 1. The number of aliphatic hydroxyl groups is 1. The van der Waals surface area contributed by atoms with Gasteiger partial charge in [-0.25, -0.2) is 4.68 Å². The van der Waals surface area contributed by atoms with Gasteiger partial charge in [-0.15, -0.1) is 5.10 Å². The summed E-state index contributed by atoms with van der Waals surface area (Å²) in [5.41, 5.74) is -0.203. The van der Waals surface area contributed by atoms with Crippen LogP contribution in [0.4, 0.5) is 0 Å². The molecule has 1 N–H and O–H groups in total. The minimum Gasteiger partial charge on any atom is -0.375 e. The average Bonchev–Trinajstić information content (AvgIpc) is 3.11. The number of rotatable bonds is 4. The van der Waals surface area contributed by atoms with E-state index in [9.17, 15) is 5.11 Å². The first-order valence-corrected chi connectivity index (χ1v) is 9.35. The summed E-state index contributed by atoms with van der Waals surface area (Å²) in [7, 11) is 0. The first kappa shape index (κ1) is 17.1. The normalized spacial score (nSPS) is 21.0. The molecule has 1 aromatic heterocycles. The topological polar surface area (TPSA) is 63.5 Å². The van der Waals surface area contributed by atoms with E-state index in [1.165, 1.54) is 0 Å². The van der Waals surface area contributed by atoms with E-state index in [0.29, 0.717) is 0 Å². The fourth-order valence-corrected chi connectivity index (χ4v) is 4.32. The highest BCUT2D eigenvalue weighted by atomic mass is 16.7. The largest absolute Gasteiger partial charge is 0.375 e. The van der Waals surface area contributed by atoms with E-state index in [1.54, 1.807) is 4.68 Å². The Morgan fingerprint density at radius 1 is 0.821 bits per heavy atom. The minimum absolute atomic E-state index is 0.663. The third kappa shape index (κ3) is 2.08. The van der Waals surface area contributed by atoms with E-state index >= 15 is 0 Å². The summed E-state index contributed by atoms with van der Waals surface area (Å²) in [4.78, 5) is 0. The molecular formula is C23H21N3O2. The zero-order chi connectivity index (χ0) is 19.4. The van der Waals surface area contributed by atoms with Crippen molar-refractivity contribution in [3.8, 4) is 0 Å². The van der Waals surface area contributed by atoms with Crippen molar-refractivity contribution in [1.82, 2.24) is 15.0 Å². The number of benzene rings is 3. The molecule has 0 saturated carbocycles. The third-order valence-electron chi connectivity index (χ3n) is 5.70. The van der Waals surface area contributed by atoms with Crippen LogP contribution in [0, 0.1) is 0 Å². The summed E-state index contributed by atoms with van der Waals surface area (Å²) >= 11 is 0. The Bertz CT molecular complexity index is 1100. The molecule has 0 spiro atoms. The lowest BCUT2D eigenvalue weighted by atomic mass is 9.75. The van der Waals surface area contributed by atoms with Gasteiger partial charge in [0.05, 0.1) is 5.52 Å². The molecule has 1 saturated heterocycles. The summed E-state index contributed by atoms with van der Waals surface area (Å²) in [6, 6.07) is 27.0. The van der Waals surface area contributed by atoms with Gasteiger partial charge >= 0.3 is 0 Å². The molecule has 1 aliphatic rings.